The molecule has 2 amide bonds. The number of hydrogen-bond acceptors (Lipinski definition) is 3. The molecule has 0 bridgehead atoms. The van der Waals surface area contributed by atoms with Crippen LogP contribution in [0, 0.1) is 11.8 Å². The van der Waals surface area contributed by atoms with E-state index in [0.717, 1.165) is 0 Å². The van der Waals surface area contributed by atoms with Crippen LogP contribution >= 0.6 is 0 Å². The first-order chi connectivity index (χ1) is 8.99. The van der Waals surface area contributed by atoms with Gasteiger partial charge in [0.1, 0.15) is 6.04 Å². The van der Waals surface area contributed by atoms with Crippen molar-refractivity contribution in [1.82, 2.24) is 10.2 Å². The molecule has 1 heterocycles. The number of likely N-dealkylation sites (N-methyl/N-ethyl adjacent to an activating group) is 1. The second-order valence-corrected chi connectivity index (χ2v) is 5.50. The van der Waals surface area contributed by atoms with E-state index in [-0.39, 0.29) is 23.7 Å². The van der Waals surface area contributed by atoms with E-state index in [2.05, 4.69) is 5.32 Å². The molecule has 19 heavy (non-hydrogen) atoms. The van der Waals surface area contributed by atoms with Gasteiger partial charge in [-0.2, -0.15) is 0 Å². The van der Waals surface area contributed by atoms with Crippen molar-refractivity contribution in [1.29, 1.82) is 0 Å². The third-order valence-corrected chi connectivity index (χ3v) is 4.19. The maximum Gasteiger partial charge on any atom is 0.306 e. The van der Waals surface area contributed by atoms with Crippen LogP contribution in [-0.2, 0) is 14.4 Å². The first-order valence-corrected chi connectivity index (χ1v) is 6.77. The smallest absolute Gasteiger partial charge is 0.306 e. The number of carbonyl (C=O) groups is 3. The highest BCUT2D eigenvalue weighted by molar-refractivity contribution is 5.89. The Bertz CT molecular complexity index is 388. The highest BCUT2D eigenvalue weighted by Crippen LogP contribution is 2.29. The van der Waals surface area contributed by atoms with E-state index in [9.17, 15) is 14.4 Å². The Balaban J connectivity index is 1.82. The molecule has 0 aromatic carbocycles. The van der Waals surface area contributed by atoms with Crippen molar-refractivity contribution < 1.29 is 19.5 Å². The standard InChI is InChI=1S/C13H20N2O4/c1-15-7-6-10(12(15)17)14-11(16)8-2-4-9(5-3-8)13(18)19/h8-10H,2-7H2,1H3,(H,14,16)(H,18,19). The summed E-state index contributed by atoms with van der Waals surface area (Å²) in [5.74, 6) is -1.37. The van der Waals surface area contributed by atoms with Crippen molar-refractivity contribution in [2.24, 2.45) is 11.8 Å². The lowest BCUT2D eigenvalue weighted by molar-refractivity contribution is -0.144. The summed E-state index contributed by atoms with van der Waals surface area (Å²) >= 11 is 0. The van der Waals surface area contributed by atoms with Gasteiger partial charge in [-0.15, -0.1) is 0 Å². The van der Waals surface area contributed by atoms with Crippen LogP contribution in [0.1, 0.15) is 32.1 Å². The van der Waals surface area contributed by atoms with E-state index in [1.807, 2.05) is 0 Å². The predicted molar refractivity (Wildman–Crippen MR) is 67.3 cm³/mol. The van der Waals surface area contributed by atoms with E-state index in [4.69, 9.17) is 5.11 Å². The molecule has 6 nitrogen and oxygen atoms in total. The minimum Gasteiger partial charge on any atom is -0.481 e. The van der Waals surface area contributed by atoms with E-state index in [1.165, 1.54) is 0 Å². The Morgan fingerprint density at radius 1 is 1.16 bits per heavy atom. The summed E-state index contributed by atoms with van der Waals surface area (Å²) in [6.45, 7) is 0.676. The molecule has 106 valence electrons. The Morgan fingerprint density at radius 2 is 1.74 bits per heavy atom. The molecule has 1 saturated heterocycles. The van der Waals surface area contributed by atoms with Gasteiger partial charge in [0, 0.05) is 19.5 Å². The van der Waals surface area contributed by atoms with Crippen molar-refractivity contribution >= 4 is 17.8 Å². The number of rotatable bonds is 3. The molecular formula is C13H20N2O4. The zero-order valence-corrected chi connectivity index (χ0v) is 11.1. The fraction of sp³-hybridized carbons (Fsp3) is 0.769. The number of aliphatic carboxylic acids is 1. The monoisotopic (exact) mass is 268 g/mol. The third-order valence-electron chi connectivity index (χ3n) is 4.19. The van der Waals surface area contributed by atoms with Crippen molar-refractivity contribution in [2.75, 3.05) is 13.6 Å². The molecule has 1 unspecified atom stereocenters. The van der Waals surface area contributed by atoms with Crippen LogP contribution in [0.25, 0.3) is 0 Å². The number of carboxylic acid groups (broad SMARTS) is 1. The molecule has 0 radical (unpaired) electrons. The first-order valence-electron chi connectivity index (χ1n) is 6.77. The van der Waals surface area contributed by atoms with Gasteiger partial charge in [-0.25, -0.2) is 0 Å². The van der Waals surface area contributed by atoms with Gasteiger partial charge in [0.05, 0.1) is 5.92 Å². The Kier molecular flexibility index (Phi) is 4.07. The zero-order chi connectivity index (χ0) is 14.0. The van der Waals surface area contributed by atoms with Crippen molar-refractivity contribution in [3.8, 4) is 0 Å². The molecule has 0 spiro atoms. The van der Waals surface area contributed by atoms with Gasteiger partial charge >= 0.3 is 5.97 Å². The average molecular weight is 268 g/mol. The summed E-state index contributed by atoms with van der Waals surface area (Å²) < 4.78 is 0. The molecule has 2 fully saturated rings. The van der Waals surface area contributed by atoms with E-state index in [0.29, 0.717) is 38.6 Å². The lowest BCUT2D eigenvalue weighted by Gasteiger charge is -2.26. The third kappa shape index (κ3) is 3.05. The number of carboxylic acids is 1. The van der Waals surface area contributed by atoms with Crippen LogP contribution in [0.3, 0.4) is 0 Å². The number of nitrogens with zero attached hydrogens (tertiary/aromatic N) is 1. The first kappa shape index (κ1) is 13.8. The number of nitrogens with one attached hydrogen (secondary N) is 1. The van der Waals surface area contributed by atoms with Crippen molar-refractivity contribution in [3.63, 3.8) is 0 Å². The van der Waals surface area contributed by atoms with Crippen molar-refractivity contribution in [3.05, 3.63) is 0 Å². The van der Waals surface area contributed by atoms with Gasteiger partial charge in [0.15, 0.2) is 0 Å². The summed E-state index contributed by atoms with van der Waals surface area (Å²) in [6, 6.07) is -0.394. The van der Waals surface area contributed by atoms with Gasteiger partial charge in [0.2, 0.25) is 11.8 Å². The average Bonchev–Trinajstić information content (AvgIpc) is 2.71. The molecule has 2 N–H and O–H groups in total. The van der Waals surface area contributed by atoms with Gasteiger partial charge < -0.3 is 15.3 Å². The second kappa shape index (κ2) is 5.59. The van der Waals surface area contributed by atoms with E-state index >= 15 is 0 Å². The number of likely N-dealkylation sites (tertiary alicyclic amines) is 1. The second-order valence-electron chi connectivity index (χ2n) is 5.50. The predicted octanol–water partition coefficient (Wildman–Crippen LogP) is 0.224. The lowest BCUT2D eigenvalue weighted by Crippen LogP contribution is -2.44. The quantitative estimate of drug-likeness (QED) is 0.767. The van der Waals surface area contributed by atoms with Crippen LogP contribution in [-0.4, -0.2) is 47.4 Å². The summed E-state index contributed by atoms with van der Waals surface area (Å²) in [7, 11) is 1.73. The van der Waals surface area contributed by atoms with E-state index < -0.39 is 12.0 Å². The van der Waals surface area contributed by atoms with Crippen LogP contribution in [0.15, 0.2) is 0 Å². The highest BCUT2D eigenvalue weighted by Gasteiger charge is 2.34. The summed E-state index contributed by atoms with van der Waals surface area (Å²) in [6.07, 6.45) is 2.95. The van der Waals surface area contributed by atoms with Gasteiger partial charge in [-0.05, 0) is 32.1 Å². The molecule has 2 aliphatic rings. The number of amides is 2. The topological polar surface area (TPSA) is 86.7 Å². The van der Waals surface area contributed by atoms with Crippen LogP contribution in [0.5, 0.6) is 0 Å². The van der Waals surface area contributed by atoms with Crippen molar-refractivity contribution in [2.45, 2.75) is 38.1 Å². The Hall–Kier alpha value is -1.59. The lowest BCUT2D eigenvalue weighted by atomic mass is 9.81. The normalized spacial score (nSPS) is 31.3. The van der Waals surface area contributed by atoms with Crippen LogP contribution < -0.4 is 5.32 Å². The largest absolute Gasteiger partial charge is 0.481 e. The fourth-order valence-electron chi connectivity index (χ4n) is 2.85. The van der Waals surface area contributed by atoms with Crippen LogP contribution in [0.2, 0.25) is 0 Å². The minimum absolute atomic E-state index is 0.0347. The number of hydrogen-bond donors (Lipinski definition) is 2. The molecule has 1 aliphatic carbocycles. The van der Waals surface area contributed by atoms with Gasteiger partial charge in [-0.1, -0.05) is 0 Å². The van der Waals surface area contributed by atoms with Crippen LogP contribution in [0.4, 0.5) is 0 Å². The highest BCUT2D eigenvalue weighted by atomic mass is 16.4. The maximum atomic E-state index is 12.1. The Morgan fingerprint density at radius 3 is 2.21 bits per heavy atom. The maximum absolute atomic E-state index is 12.1. The summed E-state index contributed by atoms with van der Waals surface area (Å²) in [4.78, 5) is 36.2. The summed E-state index contributed by atoms with van der Waals surface area (Å²) in [5.41, 5.74) is 0. The molecular weight excluding hydrogens is 248 g/mol. The molecule has 1 atom stereocenters. The van der Waals surface area contributed by atoms with E-state index in [1.54, 1.807) is 11.9 Å². The van der Waals surface area contributed by atoms with Gasteiger partial charge in [-0.3, -0.25) is 14.4 Å². The molecule has 1 aliphatic heterocycles. The molecule has 2 rings (SSSR count). The zero-order valence-electron chi connectivity index (χ0n) is 11.1. The molecule has 6 heteroatoms. The molecule has 0 aromatic heterocycles. The minimum atomic E-state index is -0.772. The summed E-state index contributed by atoms with van der Waals surface area (Å²) in [5, 5.41) is 11.7. The fourth-order valence-corrected chi connectivity index (χ4v) is 2.85. The molecule has 1 saturated carbocycles. The molecule has 0 aromatic rings. The SMILES string of the molecule is CN1CCC(NC(=O)C2CCC(C(=O)O)CC2)C1=O. The van der Waals surface area contributed by atoms with Gasteiger partial charge in [0.25, 0.3) is 0 Å². The number of carbonyl (C=O) groups excluding carboxylic acids is 2. The Labute approximate surface area is 112 Å².